The van der Waals surface area contributed by atoms with Crippen molar-refractivity contribution in [1.29, 1.82) is 0 Å². The van der Waals surface area contributed by atoms with E-state index in [2.05, 4.69) is 27.6 Å². The van der Waals surface area contributed by atoms with E-state index >= 15 is 0 Å². The van der Waals surface area contributed by atoms with Gasteiger partial charge in [0.2, 0.25) is 5.90 Å². The molecule has 0 N–H and O–H groups in total. The number of methoxy groups -OCH3 is 1. The second-order valence-electron chi connectivity index (χ2n) is 4.59. The Hall–Kier alpha value is -2.15. The summed E-state index contributed by atoms with van der Waals surface area (Å²) in [4.78, 5) is 16.3. The van der Waals surface area contributed by atoms with Gasteiger partial charge in [0.15, 0.2) is 5.70 Å². The summed E-state index contributed by atoms with van der Waals surface area (Å²) in [5.74, 6) is 0.666. The average Bonchev–Trinajstić information content (AvgIpc) is 2.89. The van der Waals surface area contributed by atoms with E-state index in [9.17, 15) is 4.79 Å². The van der Waals surface area contributed by atoms with Crippen LogP contribution in [-0.4, -0.2) is 19.0 Å². The van der Waals surface area contributed by atoms with Crippen LogP contribution in [-0.2, 0) is 9.53 Å². The second kappa shape index (κ2) is 6.31. The molecule has 0 saturated carbocycles. The minimum absolute atomic E-state index is 0.291. The quantitative estimate of drug-likeness (QED) is 0.445. The Bertz CT molecular complexity index is 779. The van der Waals surface area contributed by atoms with Crippen LogP contribution in [0.25, 0.3) is 6.08 Å². The van der Waals surface area contributed by atoms with E-state index in [0.717, 1.165) is 20.4 Å². The second-order valence-corrected chi connectivity index (χ2v) is 5.75. The third-order valence-corrected chi connectivity index (χ3v) is 4.08. The van der Waals surface area contributed by atoms with Crippen molar-refractivity contribution in [3.05, 3.63) is 68.9 Å². The number of aliphatic imine (C=N–C) groups is 1. The minimum Gasteiger partial charge on any atom is -0.497 e. The summed E-state index contributed by atoms with van der Waals surface area (Å²) >= 11 is 2.19. The van der Waals surface area contributed by atoms with E-state index < -0.39 is 5.97 Å². The van der Waals surface area contributed by atoms with Gasteiger partial charge in [0.05, 0.1) is 12.7 Å². The number of benzene rings is 2. The number of hydrogen-bond acceptors (Lipinski definition) is 4. The van der Waals surface area contributed by atoms with Gasteiger partial charge in [-0.15, -0.1) is 0 Å². The molecular formula is C17H12INO3. The molecule has 0 amide bonds. The van der Waals surface area contributed by atoms with Crippen molar-refractivity contribution in [3.8, 4) is 5.75 Å². The van der Waals surface area contributed by atoms with Crippen LogP contribution >= 0.6 is 22.6 Å². The molecule has 0 spiro atoms. The average molecular weight is 405 g/mol. The summed E-state index contributed by atoms with van der Waals surface area (Å²) in [6.45, 7) is 0. The first-order valence-electron chi connectivity index (χ1n) is 6.59. The lowest BCUT2D eigenvalue weighted by molar-refractivity contribution is -0.129. The van der Waals surface area contributed by atoms with Gasteiger partial charge in [0.1, 0.15) is 5.75 Å². The highest BCUT2D eigenvalue weighted by atomic mass is 127. The standard InChI is InChI=1S/C17H12INO3/c1-21-12-8-6-11(7-9-12)10-15-17(20)22-16(19-15)13-4-2-3-5-14(13)18/h2-10H,1H3/b15-10+. The SMILES string of the molecule is COc1ccc(/C=C2/N=C(c3ccccc3I)OC2=O)cc1. The monoisotopic (exact) mass is 405 g/mol. The largest absolute Gasteiger partial charge is 0.497 e. The van der Waals surface area contributed by atoms with Crippen LogP contribution < -0.4 is 4.74 Å². The summed E-state index contributed by atoms with van der Waals surface area (Å²) in [7, 11) is 1.61. The zero-order chi connectivity index (χ0) is 15.5. The smallest absolute Gasteiger partial charge is 0.363 e. The molecule has 0 aliphatic carbocycles. The predicted molar refractivity (Wildman–Crippen MR) is 92.8 cm³/mol. The molecule has 3 rings (SSSR count). The van der Waals surface area contributed by atoms with Gasteiger partial charge < -0.3 is 9.47 Å². The highest BCUT2D eigenvalue weighted by molar-refractivity contribution is 14.1. The third-order valence-electron chi connectivity index (χ3n) is 3.14. The van der Waals surface area contributed by atoms with Gasteiger partial charge in [-0.25, -0.2) is 9.79 Å². The van der Waals surface area contributed by atoms with E-state index in [1.165, 1.54) is 0 Å². The van der Waals surface area contributed by atoms with Gasteiger partial charge in [-0.05, 0) is 58.5 Å². The van der Waals surface area contributed by atoms with Crippen LogP contribution in [0.5, 0.6) is 5.75 Å². The Morgan fingerprint density at radius 3 is 2.55 bits per heavy atom. The first kappa shape index (κ1) is 14.8. The fourth-order valence-electron chi connectivity index (χ4n) is 2.02. The molecule has 0 unspecified atom stereocenters. The van der Waals surface area contributed by atoms with Crippen molar-refractivity contribution < 1.29 is 14.3 Å². The Labute approximate surface area is 141 Å². The maximum atomic E-state index is 12.0. The summed E-state index contributed by atoms with van der Waals surface area (Å²) < 4.78 is 11.4. The molecule has 2 aromatic carbocycles. The number of esters is 1. The molecule has 0 fully saturated rings. The molecule has 0 aromatic heterocycles. The van der Waals surface area contributed by atoms with Crippen LogP contribution in [0.15, 0.2) is 59.2 Å². The number of hydrogen-bond donors (Lipinski definition) is 0. The number of rotatable bonds is 3. The topological polar surface area (TPSA) is 47.9 Å². The van der Waals surface area contributed by atoms with Crippen molar-refractivity contribution in [3.63, 3.8) is 0 Å². The van der Waals surface area contributed by atoms with Crippen LogP contribution in [0.4, 0.5) is 0 Å². The van der Waals surface area contributed by atoms with Crippen molar-refractivity contribution in [2.24, 2.45) is 4.99 Å². The third kappa shape index (κ3) is 3.04. The molecule has 1 aliphatic heterocycles. The van der Waals surface area contributed by atoms with Crippen LogP contribution in [0.1, 0.15) is 11.1 Å². The zero-order valence-electron chi connectivity index (χ0n) is 11.7. The molecule has 1 heterocycles. The summed E-state index contributed by atoms with van der Waals surface area (Å²) in [5.41, 5.74) is 1.97. The van der Waals surface area contributed by atoms with Gasteiger partial charge in [0, 0.05) is 3.57 Å². The summed E-state index contributed by atoms with van der Waals surface area (Å²) in [6.07, 6.45) is 1.70. The molecule has 0 saturated heterocycles. The molecule has 0 atom stereocenters. The number of nitrogens with zero attached hydrogens (tertiary/aromatic N) is 1. The number of carbonyl (C=O) groups is 1. The molecule has 110 valence electrons. The summed E-state index contributed by atoms with van der Waals surface area (Å²) in [6, 6.07) is 15.0. The fourth-order valence-corrected chi connectivity index (χ4v) is 2.64. The van der Waals surface area contributed by atoms with E-state index in [1.54, 1.807) is 13.2 Å². The number of halogens is 1. The minimum atomic E-state index is -0.439. The first-order chi connectivity index (χ1) is 10.7. The van der Waals surface area contributed by atoms with Gasteiger partial charge in [-0.3, -0.25) is 0 Å². The van der Waals surface area contributed by atoms with Gasteiger partial charge >= 0.3 is 5.97 Å². The Morgan fingerprint density at radius 2 is 1.86 bits per heavy atom. The Kier molecular flexibility index (Phi) is 4.24. The number of carbonyl (C=O) groups excluding carboxylic acids is 1. The highest BCUT2D eigenvalue weighted by Gasteiger charge is 2.25. The Balaban J connectivity index is 1.92. The van der Waals surface area contributed by atoms with Gasteiger partial charge in [-0.1, -0.05) is 24.3 Å². The van der Waals surface area contributed by atoms with Gasteiger partial charge in [-0.2, -0.15) is 0 Å². The van der Waals surface area contributed by atoms with Crippen molar-refractivity contribution in [2.75, 3.05) is 7.11 Å². The highest BCUT2D eigenvalue weighted by Crippen LogP contribution is 2.22. The van der Waals surface area contributed by atoms with Crippen molar-refractivity contribution >= 4 is 40.5 Å². The number of cyclic esters (lactones) is 1. The maximum absolute atomic E-state index is 12.0. The van der Waals surface area contributed by atoms with Crippen LogP contribution in [0.2, 0.25) is 0 Å². The van der Waals surface area contributed by atoms with Crippen LogP contribution in [0, 0.1) is 3.57 Å². The normalized spacial score (nSPS) is 15.6. The van der Waals surface area contributed by atoms with E-state index in [-0.39, 0.29) is 0 Å². The molecule has 0 radical (unpaired) electrons. The maximum Gasteiger partial charge on any atom is 0.363 e. The van der Waals surface area contributed by atoms with Gasteiger partial charge in [0.25, 0.3) is 0 Å². The van der Waals surface area contributed by atoms with E-state index in [1.807, 2.05) is 48.5 Å². The number of ether oxygens (including phenoxy) is 2. The summed E-state index contributed by atoms with van der Waals surface area (Å²) in [5, 5.41) is 0. The van der Waals surface area contributed by atoms with E-state index in [4.69, 9.17) is 9.47 Å². The Morgan fingerprint density at radius 1 is 1.14 bits per heavy atom. The predicted octanol–water partition coefficient (Wildman–Crippen LogP) is 3.64. The molecule has 22 heavy (non-hydrogen) atoms. The van der Waals surface area contributed by atoms with Crippen molar-refractivity contribution in [1.82, 2.24) is 0 Å². The molecule has 4 nitrogen and oxygen atoms in total. The molecular weight excluding hydrogens is 393 g/mol. The zero-order valence-corrected chi connectivity index (χ0v) is 13.9. The lowest BCUT2D eigenvalue weighted by Gasteiger charge is -2.01. The fraction of sp³-hybridized carbons (Fsp3) is 0.0588. The van der Waals surface area contributed by atoms with Crippen LogP contribution in [0.3, 0.4) is 0 Å². The lowest BCUT2D eigenvalue weighted by Crippen LogP contribution is -2.06. The lowest BCUT2D eigenvalue weighted by atomic mass is 10.2. The molecule has 0 bridgehead atoms. The first-order valence-corrected chi connectivity index (χ1v) is 7.67. The molecule has 2 aromatic rings. The molecule has 1 aliphatic rings. The van der Waals surface area contributed by atoms with Crippen molar-refractivity contribution in [2.45, 2.75) is 0 Å². The van der Waals surface area contributed by atoms with E-state index in [0.29, 0.717) is 11.6 Å². The molecule has 5 heteroatoms.